The molecule has 0 aromatic heterocycles. The van der Waals surface area contributed by atoms with Gasteiger partial charge in [0, 0.05) is 0 Å². The quantitative estimate of drug-likeness (QED) is 0.0660. The van der Waals surface area contributed by atoms with E-state index in [0.717, 1.165) is 0 Å². The summed E-state index contributed by atoms with van der Waals surface area (Å²) in [6, 6.07) is 6.00. The lowest BCUT2D eigenvalue weighted by molar-refractivity contribution is 0.559. The van der Waals surface area contributed by atoms with Crippen LogP contribution in [0.2, 0.25) is 43.8 Å². The predicted octanol–water partition coefficient (Wildman–Crippen LogP) is 12.4. The van der Waals surface area contributed by atoms with Crippen LogP contribution in [0.4, 0.5) is 0 Å². The van der Waals surface area contributed by atoms with Crippen LogP contribution in [0.5, 0.6) is 0 Å². The number of hydrogen-bond donors (Lipinski definition) is 0. The van der Waals surface area contributed by atoms with E-state index in [1.54, 1.807) is 12.1 Å². The molecule has 0 aromatic rings. The number of rotatable bonds is 25. The van der Waals surface area contributed by atoms with Crippen LogP contribution in [0.25, 0.3) is 0 Å². The molecule has 0 saturated carbocycles. The van der Waals surface area contributed by atoms with Gasteiger partial charge >= 0.3 is 0 Å². The molecule has 0 aromatic carbocycles. The van der Waals surface area contributed by atoms with Gasteiger partial charge in [0.1, 0.15) is 7.38 Å². The van der Waals surface area contributed by atoms with Crippen molar-refractivity contribution in [1.82, 2.24) is 0 Å². The minimum Gasteiger partial charge on any atom is -0.168 e. The van der Waals surface area contributed by atoms with E-state index in [-0.39, 0.29) is 0 Å². The first kappa shape index (κ1) is 32.7. The third-order valence-electron chi connectivity index (χ3n) is 7.59. The molecule has 0 N–H and O–H groups in total. The van der Waals surface area contributed by atoms with Gasteiger partial charge in [-0.15, -0.1) is 0 Å². The average molecular weight is 503 g/mol. The molecule has 0 atom stereocenters. The molecule has 0 saturated heterocycles. The van der Waals surface area contributed by atoms with Gasteiger partial charge in [-0.2, -0.15) is 11.1 Å². The zero-order valence-electron chi connectivity index (χ0n) is 23.3. The molecular weight excluding hydrogens is 440 g/mol. The topological polar surface area (TPSA) is 0 Å². The van der Waals surface area contributed by atoms with Crippen LogP contribution >= 0.6 is 11.1 Å². The van der Waals surface area contributed by atoms with Crippen LogP contribution in [0.1, 0.15) is 142 Å². The summed E-state index contributed by atoms with van der Waals surface area (Å²) < 4.78 is 0. The molecule has 0 nitrogen and oxygen atoms in total. The first-order valence-corrected chi connectivity index (χ1v) is 22.4. The van der Waals surface area contributed by atoms with Crippen molar-refractivity contribution in [2.24, 2.45) is 0 Å². The van der Waals surface area contributed by atoms with Gasteiger partial charge in [0.2, 0.25) is 0 Å². The largest absolute Gasteiger partial charge is 0.168 e. The highest BCUT2D eigenvalue weighted by Crippen LogP contribution is 2.32. The van der Waals surface area contributed by atoms with Crippen LogP contribution in [0.3, 0.4) is 0 Å². The maximum Gasteiger partial charge on any atom is 0.150 e. The molecule has 0 spiro atoms. The fraction of sp³-hybridized carbons (Fsp3) is 1.00. The van der Waals surface area contributed by atoms with Gasteiger partial charge in [0.25, 0.3) is 0 Å². The Labute approximate surface area is 212 Å². The molecule has 194 valence electrons. The van der Waals surface area contributed by atoms with Gasteiger partial charge in [-0.25, -0.2) is 0 Å². The summed E-state index contributed by atoms with van der Waals surface area (Å²) in [5.41, 5.74) is 0. The van der Waals surface area contributed by atoms with Crippen molar-refractivity contribution in [1.29, 1.82) is 0 Å². The van der Waals surface area contributed by atoms with Crippen molar-refractivity contribution >= 4 is 26.5 Å². The minimum atomic E-state index is -1.42. The summed E-state index contributed by atoms with van der Waals surface area (Å²) in [6.07, 6.45) is 29.2. The van der Waals surface area contributed by atoms with Gasteiger partial charge in [-0.1, -0.05) is 180 Å². The zero-order chi connectivity index (χ0) is 24.0. The highest BCUT2D eigenvalue weighted by Gasteiger charge is 2.29. The van der Waals surface area contributed by atoms with Gasteiger partial charge < -0.3 is 0 Å². The molecule has 0 amide bonds. The Morgan fingerprint density at radius 2 is 0.656 bits per heavy atom. The summed E-state index contributed by atoms with van der Waals surface area (Å²) in [6.45, 7) is 12.0. The Bertz CT molecular complexity index is 354. The van der Waals surface area contributed by atoms with Crippen LogP contribution in [0.15, 0.2) is 0 Å². The van der Waals surface area contributed by atoms with Crippen LogP contribution in [-0.4, -0.2) is 15.5 Å². The van der Waals surface area contributed by atoms with Crippen LogP contribution in [0, 0.1) is 0 Å². The Hall–Kier alpha value is 0.724. The highest BCUT2D eigenvalue weighted by molar-refractivity contribution is 7.19. The Morgan fingerprint density at radius 1 is 0.375 bits per heavy atom. The van der Waals surface area contributed by atoms with Crippen LogP contribution < -0.4 is 0 Å². The highest BCUT2D eigenvalue weighted by atomic mass is 35.6. The Balaban J connectivity index is 3.97. The van der Waals surface area contributed by atoms with Crippen molar-refractivity contribution in [3.63, 3.8) is 0 Å². The Kier molecular flexibility index (Phi) is 22.7. The van der Waals surface area contributed by atoms with E-state index in [1.165, 1.54) is 141 Å². The SMILES string of the molecule is CCCCCCCCCCCC[Si](C)(CCCCCCCCCCCC)CC[Si](C)(C)Cl. The zero-order valence-corrected chi connectivity index (χ0v) is 26.1. The van der Waals surface area contributed by atoms with Crippen molar-refractivity contribution in [2.75, 3.05) is 0 Å². The smallest absolute Gasteiger partial charge is 0.150 e. The van der Waals surface area contributed by atoms with E-state index < -0.39 is 15.5 Å². The third-order valence-corrected chi connectivity index (χ3v) is 14.7. The second-order valence-electron chi connectivity index (χ2n) is 11.9. The molecule has 0 unspecified atom stereocenters. The van der Waals surface area contributed by atoms with Crippen molar-refractivity contribution in [2.45, 2.75) is 186 Å². The first-order chi connectivity index (χ1) is 15.3. The fourth-order valence-electron chi connectivity index (χ4n) is 5.05. The summed E-state index contributed by atoms with van der Waals surface area (Å²) in [4.78, 5) is 0. The minimum absolute atomic E-state index is 1.09. The van der Waals surface area contributed by atoms with Gasteiger partial charge in [-0.3, -0.25) is 0 Å². The molecule has 0 fully saturated rings. The number of hydrogen-bond acceptors (Lipinski definition) is 0. The maximum atomic E-state index is 6.73. The van der Waals surface area contributed by atoms with E-state index in [9.17, 15) is 0 Å². The van der Waals surface area contributed by atoms with Crippen molar-refractivity contribution < 1.29 is 0 Å². The molecular formula is C29H63ClSi2. The standard InChI is InChI=1S/C29H63ClSi2/c1-6-8-10-12-14-16-18-20-22-24-26-32(5,29-28-31(3,4)30)27-25-23-21-19-17-15-13-11-9-7-2/h6-29H2,1-5H3. The molecule has 3 heteroatoms. The molecule has 0 rings (SSSR count). The second-order valence-corrected chi connectivity index (χ2v) is 24.0. The lowest BCUT2D eigenvalue weighted by Crippen LogP contribution is -2.32. The first-order valence-electron chi connectivity index (χ1n) is 15.0. The lowest BCUT2D eigenvalue weighted by Gasteiger charge is -2.30. The second kappa shape index (κ2) is 22.2. The van der Waals surface area contributed by atoms with Crippen molar-refractivity contribution in [3.05, 3.63) is 0 Å². The van der Waals surface area contributed by atoms with E-state index >= 15 is 0 Å². The predicted molar refractivity (Wildman–Crippen MR) is 158 cm³/mol. The maximum absolute atomic E-state index is 6.73. The molecule has 0 aliphatic rings. The van der Waals surface area contributed by atoms with E-state index in [4.69, 9.17) is 11.1 Å². The van der Waals surface area contributed by atoms with Crippen molar-refractivity contribution in [3.8, 4) is 0 Å². The monoisotopic (exact) mass is 502 g/mol. The lowest BCUT2D eigenvalue weighted by atomic mass is 10.1. The summed E-state index contributed by atoms with van der Waals surface area (Å²) in [5.74, 6) is 0. The van der Waals surface area contributed by atoms with Crippen LogP contribution in [-0.2, 0) is 0 Å². The Morgan fingerprint density at radius 3 is 0.938 bits per heavy atom. The summed E-state index contributed by atoms with van der Waals surface area (Å²) in [7, 11) is -2.51. The molecule has 0 aliphatic carbocycles. The normalized spacial score (nSPS) is 12.6. The summed E-state index contributed by atoms with van der Waals surface area (Å²) >= 11 is 6.73. The van der Waals surface area contributed by atoms with E-state index in [2.05, 4.69) is 33.5 Å². The van der Waals surface area contributed by atoms with E-state index in [1.807, 2.05) is 0 Å². The van der Waals surface area contributed by atoms with E-state index in [0.29, 0.717) is 0 Å². The van der Waals surface area contributed by atoms with Gasteiger partial charge in [-0.05, 0) is 6.04 Å². The molecule has 0 aliphatic heterocycles. The molecule has 32 heavy (non-hydrogen) atoms. The fourth-order valence-corrected chi connectivity index (χ4v) is 13.7. The van der Waals surface area contributed by atoms with Gasteiger partial charge in [0.05, 0.1) is 8.07 Å². The molecule has 0 radical (unpaired) electrons. The third kappa shape index (κ3) is 23.9. The average Bonchev–Trinajstić information content (AvgIpc) is 2.75. The summed E-state index contributed by atoms with van der Waals surface area (Å²) in [5, 5.41) is 0. The number of halogens is 1. The molecule has 0 bridgehead atoms. The molecule has 0 heterocycles. The number of unbranched alkanes of at least 4 members (excludes halogenated alkanes) is 18. The van der Waals surface area contributed by atoms with Gasteiger partial charge in [0.15, 0.2) is 0 Å².